The molecule has 3 aromatic rings. The Balaban J connectivity index is 1.34. The summed E-state index contributed by atoms with van der Waals surface area (Å²) in [6, 6.07) is 17.4. The van der Waals surface area contributed by atoms with Crippen molar-refractivity contribution >= 4 is 11.8 Å². The molecule has 4 rings (SSSR count). The van der Waals surface area contributed by atoms with Crippen LogP contribution < -0.4 is 0 Å². The van der Waals surface area contributed by atoms with Gasteiger partial charge in [-0.25, -0.2) is 4.98 Å². The highest BCUT2D eigenvalue weighted by Crippen LogP contribution is 2.22. The molecule has 0 unspecified atom stereocenters. The van der Waals surface area contributed by atoms with Crippen LogP contribution in [0.15, 0.2) is 65.3 Å². The van der Waals surface area contributed by atoms with E-state index in [-0.39, 0.29) is 17.9 Å². The monoisotopic (exact) mass is 447 g/mol. The molecule has 172 valence electrons. The SMILES string of the molecule is COC1CCN(C(=O)c2coc(-c3ccc(CN(C)C(=O)Cc4ccccc4)cc3)n2)CC1. The quantitative estimate of drug-likeness (QED) is 0.551. The maximum absolute atomic E-state index is 12.7. The van der Waals surface area contributed by atoms with Crippen molar-refractivity contribution in [3.05, 3.63) is 77.7 Å². The first-order valence-corrected chi connectivity index (χ1v) is 11.2. The number of benzene rings is 2. The first-order valence-electron chi connectivity index (χ1n) is 11.2. The molecule has 0 spiro atoms. The van der Waals surface area contributed by atoms with Crippen molar-refractivity contribution in [3.63, 3.8) is 0 Å². The number of amides is 2. The number of rotatable bonds is 7. The molecule has 0 aliphatic carbocycles. The van der Waals surface area contributed by atoms with Crippen LogP contribution in [-0.2, 0) is 22.5 Å². The van der Waals surface area contributed by atoms with E-state index >= 15 is 0 Å². The number of methoxy groups -OCH3 is 1. The summed E-state index contributed by atoms with van der Waals surface area (Å²) in [7, 11) is 3.51. The van der Waals surface area contributed by atoms with Gasteiger partial charge in [0, 0.05) is 39.4 Å². The van der Waals surface area contributed by atoms with Crippen LogP contribution >= 0.6 is 0 Å². The maximum atomic E-state index is 12.7. The molecule has 2 amide bonds. The fraction of sp³-hybridized carbons (Fsp3) is 0.346. The highest BCUT2D eigenvalue weighted by molar-refractivity contribution is 5.92. The average molecular weight is 448 g/mol. The third kappa shape index (κ3) is 5.68. The Morgan fingerprint density at radius 3 is 2.42 bits per heavy atom. The summed E-state index contributed by atoms with van der Waals surface area (Å²) >= 11 is 0. The number of likely N-dealkylation sites (tertiary alicyclic amines) is 1. The molecule has 2 aromatic carbocycles. The molecule has 1 fully saturated rings. The van der Waals surface area contributed by atoms with Crippen LogP contribution in [0.3, 0.4) is 0 Å². The third-order valence-electron chi connectivity index (χ3n) is 6.03. The predicted molar refractivity (Wildman–Crippen MR) is 124 cm³/mol. The van der Waals surface area contributed by atoms with Gasteiger partial charge in [-0.1, -0.05) is 42.5 Å². The lowest BCUT2D eigenvalue weighted by atomic mass is 10.1. The summed E-state index contributed by atoms with van der Waals surface area (Å²) in [5.41, 5.74) is 3.11. The lowest BCUT2D eigenvalue weighted by Crippen LogP contribution is -2.40. The van der Waals surface area contributed by atoms with E-state index < -0.39 is 0 Å². The Labute approximate surface area is 194 Å². The summed E-state index contributed by atoms with van der Waals surface area (Å²) in [5.74, 6) is 0.357. The van der Waals surface area contributed by atoms with Gasteiger partial charge < -0.3 is 19.0 Å². The highest BCUT2D eigenvalue weighted by atomic mass is 16.5. The number of hydrogen-bond acceptors (Lipinski definition) is 5. The van der Waals surface area contributed by atoms with Gasteiger partial charge in [0.2, 0.25) is 11.8 Å². The molecule has 1 aromatic heterocycles. The molecular formula is C26H29N3O4. The number of likely N-dealkylation sites (N-methyl/N-ethyl adjacent to an activating group) is 1. The van der Waals surface area contributed by atoms with Crippen molar-refractivity contribution in [2.24, 2.45) is 0 Å². The smallest absolute Gasteiger partial charge is 0.275 e. The Hall–Kier alpha value is -3.45. The van der Waals surface area contributed by atoms with Crippen molar-refractivity contribution in [1.29, 1.82) is 0 Å². The molecule has 33 heavy (non-hydrogen) atoms. The normalized spacial score (nSPS) is 14.3. The Bertz CT molecular complexity index is 1070. The number of nitrogens with zero attached hydrogens (tertiary/aromatic N) is 3. The number of oxazole rings is 1. The van der Waals surface area contributed by atoms with Gasteiger partial charge in [0.1, 0.15) is 6.26 Å². The molecule has 0 bridgehead atoms. The molecule has 0 radical (unpaired) electrons. The van der Waals surface area contributed by atoms with E-state index in [1.807, 2.05) is 54.6 Å². The van der Waals surface area contributed by atoms with Crippen molar-refractivity contribution in [3.8, 4) is 11.5 Å². The van der Waals surface area contributed by atoms with Gasteiger partial charge >= 0.3 is 0 Å². The minimum absolute atomic E-state index is 0.0654. The van der Waals surface area contributed by atoms with Crippen molar-refractivity contribution < 1.29 is 18.7 Å². The Kier molecular flexibility index (Phi) is 7.19. The van der Waals surface area contributed by atoms with E-state index in [0.29, 0.717) is 37.6 Å². The number of aromatic nitrogens is 1. The molecule has 1 aliphatic rings. The van der Waals surface area contributed by atoms with E-state index in [9.17, 15) is 9.59 Å². The maximum Gasteiger partial charge on any atom is 0.275 e. The minimum Gasteiger partial charge on any atom is -0.444 e. The van der Waals surface area contributed by atoms with Gasteiger partial charge in [-0.15, -0.1) is 0 Å². The standard InChI is InChI=1S/C26H29N3O4/c1-28(24(30)16-19-6-4-3-5-7-19)17-20-8-10-21(11-9-20)25-27-23(18-33-25)26(31)29-14-12-22(32-2)13-15-29/h3-11,18,22H,12-17H2,1-2H3. The van der Waals surface area contributed by atoms with Crippen LogP contribution in [0.25, 0.3) is 11.5 Å². The number of carbonyl (C=O) groups is 2. The lowest BCUT2D eigenvalue weighted by Gasteiger charge is -2.30. The van der Waals surface area contributed by atoms with Crippen LogP contribution in [-0.4, -0.2) is 59.9 Å². The molecule has 0 saturated carbocycles. The van der Waals surface area contributed by atoms with Crippen LogP contribution in [0, 0.1) is 0 Å². The predicted octanol–water partition coefficient (Wildman–Crippen LogP) is 3.79. The van der Waals surface area contributed by atoms with Gasteiger partial charge in [0.15, 0.2) is 5.69 Å². The van der Waals surface area contributed by atoms with Gasteiger partial charge in [-0.3, -0.25) is 9.59 Å². The van der Waals surface area contributed by atoms with Crippen LogP contribution in [0.1, 0.15) is 34.5 Å². The molecule has 7 heteroatoms. The van der Waals surface area contributed by atoms with Gasteiger partial charge in [-0.05, 0) is 36.1 Å². The second-order valence-corrected chi connectivity index (χ2v) is 8.37. The fourth-order valence-corrected chi connectivity index (χ4v) is 3.98. The zero-order valence-corrected chi connectivity index (χ0v) is 19.1. The van der Waals surface area contributed by atoms with Crippen molar-refractivity contribution in [2.45, 2.75) is 31.9 Å². The van der Waals surface area contributed by atoms with E-state index in [2.05, 4.69) is 4.98 Å². The largest absolute Gasteiger partial charge is 0.444 e. The highest BCUT2D eigenvalue weighted by Gasteiger charge is 2.25. The Morgan fingerprint density at radius 2 is 1.76 bits per heavy atom. The Morgan fingerprint density at radius 1 is 1.06 bits per heavy atom. The third-order valence-corrected chi connectivity index (χ3v) is 6.03. The van der Waals surface area contributed by atoms with E-state index in [1.165, 1.54) is 6.26 Å². The van der Waals surface area contributed by atoms with Gasteiger partial charge in [0.05, 0.1) is 12.5 Å². The van der Waals surface area contributed by atoms with E-state index in [4.69, 9.17) is 9.15 Å². The zero-order chi connectivity index (χ0) is 23.2. The van der Waals surface area contributed by atoms with E-state index in [1.54, 1.807) is 24.0 Å². The molecule has 1 saturated heterocycles. The summed E-state index contributed by atoms with van der Waals surface area (Å²) in [6.07, 6.45) is 3.68. The van der Waals surface area contributed by atoms with Crippen molar-refractivity contribution in [1.82, 2.24) is 14.8 Å². The molecular weight excluding hydrogens is 418 g/mol. The van der Waals surface area contributed by atoms with Crippen LogP contribution in [0.4, 0.5) is 0 Å². The van der Waals surface area contributed by atoms with Gasteiger partial charge in [0.25, 0.3) is 5.91 Å². The van der Waals surface area contributed by atoms with Crippen LogP contribution in [0.2, 0.25) is 0 Å². The number of piperidine rings is 1. The van der Waals surface area contributed by atoms with Gasteiger partial charge in [-0.2, -0.15) is 0 Å². The van der Waals surface area contributed by atoms with E-state index in [0.717, 1.165) is 29.5 Å². The minimum atomic E-state index is -0.116. The average Bonchev–Trinajstić information content (AvgIpc) is 3.35. The van der Waals surface area contributed by atoms with Crippen LogP contribution in [0.5, 0.6) is 0 Å². The number of carbonyl (C=O) groups excluding carboxylic acids is 2. The summed E-state index contributed by atoms with van der Waals surface area (Å²) in [5, 5.41) is 0. The second kappa shape index (κ2) is 10.4. The molecule has 0 N–H and O–H groups in total. The topological polar surface area (TPSA) is 75.9 Å². The first-order chi connectivity index (χ1) is 16.0. The number of ether oxygens (including phenoxy) is 1. The number of hydrogen-bond donors (Lipinski definition) is 0. The lowest BCUT2D eigenvalue weighted by molar-refractivity contribution is -0.129. The summed E-state index contributed by atoms with van der Waals surface area (Å²) in [4.78, 5) is 33.2. The molecule has 7 nitrogen and oxygen atoms in total. The fourth-order valence-electron chi connectivity index (χ4n) is 3.98. The first kappa shape index (κ1) is 22.7. The summed E-state index contributed by atoms with van der Waals surface area (Å²) in [6.45, 7) is 1.83. The zero-order valence-electron chi connectivity index (χ0n) is 19.1. The molecule has 0 atom stereocenters. The summed E-state index contributed by atoms with van der Waals surface area (Å²) < 4.78 is 10.9. The second-order valence-electron chi connectivity index (χ2n) is 8.37. The molecule has 1 aliphatic heterocycles. The van der Waals surface area contributed by atoms with Crippen molar-refractivity contribution in [2.75, 3.05) is 27.2 Å². The molecule has 2 heterocycles.